The van der Waals surface area contributed by atoms with Gasteiger partial charge in [-0.1, -0.05) is 109 Å². The van der Waals surface area contributed by atoms with Gasteiger partial charge in [-0.2, -0.15) is 0 Å². The van der Waals surface area contributed by atoms with Crippen LogP contribution < -0.4 is 0 Å². The molecule has 0 aromatic carbocycles. The number of carbonyl (C=O) groups is 2. The zero-order valence-electron chi connectivity index (χ0n) is 26.0. The van der Waals surface area contributed by atoms with Crippen LogP contribution in [0.3, 0.4) is 0 Å². The number of ether oxygens (including phenoxy) is 1. The Hall–Kier alpha value is -1.09. The number of rotatable bonds is 27. The molecule has 1 rings (SSSR count). The van der Waals surface area contributed by atoms with Crippen LogP contribution in [0.5, 0.6) is 0 Å². The van der Waals surface area contributed by atoms with Gasteiger partial charge in [0, 0.05) is 24.7 Å². The van der Waals surface area contributed by atoms with E-state index < -0.39 is 20.0 Å². The minimum atomic E-state index is -4.33. The van der Waals surface area contributed by atoms with Gasteiger partial charge in [0.25, 0.3) is 0 Å². The summed E-state index contributed by atoms with van der Waals surface area (Å²) in [4.78, 5) is 41.6. The molecule has 10 heteroatoms. The van der Waals surface area contributed by atoms with Gasteiger partial charge in [0.05, 0.1) is 25.4 Å². The number of aliphatic hydroxyl groups excluding tert-OH is 2. The second kappa shape index (κ2) is 24.3. The minimum absolute atomic E-state index is 0.108. The molecule has 0 heterocycles. The highest BCUT2D eigenvalue weighted by molar-refractivity contribution is 7.46. The molecule has 0 aromatic heterocycles. The van der Waals surface area contributed by atoms with E-state index in [9.17, 15) is 24.4 Å². The number of Topliss-reactive ketones (excluding diaryl/α,β-unsaturated/α-hetero) is 1. The third-order valence-electron chi connectivity index (χ3n) is 8.10. The lowest BCUT2D eigenvalue weighted by Crippen LogP contribution is -2.19. The summed E-state index contributed by atoms with van der Waals surface area (Å²) in [5.41, 5.74) is 0. The Bertz CT molecular complexity index is 782. The lowest BCUT2D eigenvalue weighted by molar-refractivity contribution is -0.143. The largest absolute Gasteiger partial charge is 0.469 e. The zero-order chi connectivity index (χ0) is 31.1. The number of carbonyl (C=O) groups excluding carboxylic acids is 2. The van der Waals surface area contributed by atoms with E-state index >= 15 is 0 Å². The first kappa shape index (κ1) is 38.9. The third kappa shape index (κ3) is 20.8. The molecule has 1 fully saturated rings. The number of hydrogen-bond donors (Lipinski definition) is 4. The Kier molecular flexibility index (Phi) is 22.5. The second-order valence-electron chi connectivity index (χ2n) is 11.9. The summed E-state index contributed by atoms with van der Waals surface area (Å²) in [7, 11) is -4.33. The van der Waals surface area contributed by atoms with Crippen molar-refractivity contribution in [3.63, 3.8) is 0 Å². The van der Waals surface area contributed by atoms with Crippen LogP contribution in [0.2, 0.25) is 0 Å². The van der Waals surface area contributed by atoms with Crippen LogP contribution in [-0.2, 0) is 23.4 Å². The van der Waals surface area contributed by atoms with E-state index in [1.165, 1.54) is 12.8 Å². The van der Waals surface area contributed by atoms with E-state index in [0.717, 1.165) is 96.3 Å². The molecule has 0 saturated heterocycles. The molecule has 246 valence electrons. The number of unbranched alkanes of at least 4 members (excludes halogenated alkanes) is 14. The molecular formula is C32H59O9P. The number of phosphoric ester groups is 1. The van der Waals surface area contributed by atoms with E-state index in [1.54, 1.807) is 6.08 Å². The topological polar surface area (TPSA) is 151 Å². The highest BCUT2D eigenvalue weighted by atomic mass is 31.2. The van der Waals surface area contributed by atoms with Crippen molar-refractivity contribution in [2.45, 2.75) is 154 Å². The summed E-state index contributed by atoms with van der Waals surface area (Å²) < 4.78 is 20.4. The van der Waals surface area contributed by atoms with Gasteiger partial charge in [0.15, 0.2) is 0 Å². The smallest absolute Gasteiger partial charge is 0.466 e. The van der Waals surface area contributed by atoms with Crippen molar-refractivity contribution in [3.8, 4) is 0 Å². The van der Waals surface area contributed by atoms with E-state index in [1.807, 2.05) is 6.08 Å². The van der Waals surface area contributed by atoms with Gasteiger partial charge >= 0.3 is 13.8 Å². The van der Waals surface area contributed by atoms with E-state index in [0.29, 0.717) is 25.9 Å². The zero-order valence-corrected chi connectivity index (χ0v) is 26.9. The molecule has 1 aliphatic rings. The molecule has 0 radical (unpaired) electrons. The summed E-state index contributed by atoms with van der Waals surface area (Å²) in [6, 6.07) is 0. The number of ketones is 1. The maximum atomic E-state index is 12.4. The van der Waals surface area contributed by atoms with Crippen LogP contribution in [0.25, 0.3) is 0 Å². The average Bonchev–Trinajstić information content (AvgIpc) is 3.20. The first-order valence-corrected chi connectivity index (χ1v) is 18.1. The molecule has 4 N–H and O–H groups in total. The van der Waals surface area contributed by atoms with Crippen molar-refractivity contribution in [3.05, 3.63) is 12.2 Å². The van der Waals surface area contributed by atoms with Crippen LogP contribution in [0, 0.1) is 11.8 Å². The lowest BCUT2D eigenvalue weighted by Gasteiger charge is -2.18. The SMILES string of the molecule is CCCCC[C@H](O)/C=C/[C@H]1[C@H](O)CC(=O)[C@@H]1CCCCCCC(=O)OCCCCCCCCCCCCOP(=O)(O)O. The predicted octanol–water partition coefficient (Wildman–Crippen LogP) is 6.94. The van der Waals surface area contributed by atoms with E-state index in [2.05, 4.69) is 11.4 Å². The monoisotopic (exact) mass is 618 g/mol. The Morgan fingerprint density at radius 3 is 2.07 bits per heavy atom. The number of hydrogen-bond acceptors (Lipinski definition) is 7. The molecular weight excluding hydrogens is 559 g/mol. The average molecular weight is 619 g/mol. The maximum Gasteiger partial charge on any atom is 0.469 e. The van der Waals surface area contributed by atoms with Gasteiger partial charge in [-0.15, -0.1) is 0 Å². The van der Waals surface area contributed by atoms with Crippen molar-refractivity contribution >= 4 is 19.6 Å². The summed E-state index contributed by atoms with van der Waals surface area (Å²) >= 11 is 0. The first-order chi connectivity index (χ1) is 20.1. The number of esters is 1. The van der Waals surface area contributed by atoms with Crippen LogP contribution in [-0.4, -0.2) is 57.2 Å². The molecule has 1 saturated carbocycles. The fourth-order valence-electron chi connectivity index (χ4n) is 5.60. The van der Waals surface area contributed by atoms with Gasteiger partial charge in [-0.3, -0.25) is 14.1 Å². The van der Waals surface area contributed by atoms with Crippen LogP contribution in [0.15, 0.2) is 12.2 Å². The molecule has 0 aliphatic heterocycles. The normalized spacial score (nSPS) is 20.0. The summed E-state index contributed by atoms with van der Waals surface area (Å²) in [6.07, 6.45) is 21.5. The van der Waals surface area contributed by atoms with Crippen LogP contribution >= 0.6 is 7.82 Å². The van der Waals surface area contributed by atoms with Crippen molar-refractivity contribution in [2.75, 3.05) is 13.2 Å². The standard InChI is InChI=1S/C32H59O9P/c1-2-3-14-19-27(33)22-23-29-28(30(34)26-31(29)35)20-15-10-11-16-21-32(36)40-24-17-12-8-6-4-5-7-9-13-18-25-41-42(37,38)39/h22-23,27-29,31,33,35H,2-21,24-26H2,1H3,(H2,37,38,39)/b23-22+/t27-,28+,29+,31+/m0/s1. The fraction of sp³-hybridized carbons (Fsp3) is 0.875. The van der Waals surface area contributed by atoms with Gasteiger partial charge < -0.3 is 24.7 Å². The number of phosphoric acid groups is 1. The van der Waals surface area contributed by atoms with Crippen LogP contribution in [0.1, 0.15) is 142 Å². The van der Waals surface area contributed by atoms with Gasteiger partial charge in [-0.25, -0.2) is 4.57 Å². The number of aliphatic hydroxyl groups is 2. The van der Waals surface area contributed by atoms with Gasteiger partial charge in [-0.05, 0) is 32.1 Å². The first-order valence-electron chi connectivity index (χ1n) is 16.6. The molecule has 9 nitrogen and oxygen atoms in total. The maximum absolute atomic E-state index is 12.4. The Balaban J connectivity index is 1.98. The van der Waals surface area contributed by atoms with Crippen molar-refractivity contribution < 1.29 is 43.4 Å². The molecule has 42 heavy (non-hydrogen) atoms. The van der Waals surface area contributed by atoms with Crippen molar-refractivity contribution in [2.24, 2.45) is 11.8 Å². The van der Waals surface area contributed by atoms with Crippen LogP contribution in [0.4, 0.5) is 0 Å². The van der Waals surface area contributed by atoms with Crippen molar-refractivity contribution in [1.29, 1.82) is 0 Å². The Morgan fingerprint density at radius 2 is 1.45 bits per heavy atom. The summed E-state index contributed by atoms with van der Waals surface area (Å²) in [5.74, 6) is -0.420. The highest BCUT2D eigenvalue weighted by Crippen LogP contribution is 2.36. The van der Waals surface area contributed by atoms with Gasteiger partial charge in [0.2, 0.25) is 0 Å². The molecule has 0 unspecified atom stereocenters. The molecule has 0 amide bonds. The Labute approximate surface area is 254 Å². The lowest BCUT2D eigenvalue weighted by atomic mass is 9.88. The van der Waals surface area contributed by atoms with E-state index in [-0.39, 0.29) is 36.6 Å². The molecule has 4 atom stereocenters. The quantitative estimate of drug-likeness (QED) is 0.0332. The molecule has 0 bridgehead atoms. The summed E-state index contributed by atoms with van der Waals surface area (Å²) in [5, 5.41) is 20.5. The fourth-order valence-corrected chi connectivity index (χ4v) is 5.96. The molecule has 0 spiro atoms. The molecule has 1 aliphatic carbocycles. The van der Waals surface area contributed by atoms with E-state index in [4.69, 9.17) is 14.5 Å². The Morgan fingerprint density at radius 1 is 0.881 bits per heavy atom. The summed E-state index contributed by atoms with van der Waals surface area (Å²) in [6.45, 7) is 2.71. The minimum Gasteiger partial charge on any atom is -0.466 e. The second-order valence-corrected chi connectivity index (χ2v) is 13.1. The third-order valence-corrected chi connectivity index (χ3v) is 8.62. The predicted molar refractivity (Wildman–Crippen MR) is 165 cm³/mol. The van der Waals surface area contributed by atoms with Gasteiger partial charge in [0.1, 0.15) is 5.78 Å². The van der Waals surface area contributed by atoms with Crippen molar-refractivity contribution in [1.82, 2.24) is 0 Å². The molecule has 0 aromatic rings. The highest BCUT2D eigenvalue weighted by Gasteiger charge is 2.39.